The van der Waals surface area contributed by atoms with Gasteiger partial charge in [-0.15, -0.1) is 0 Å². The highest BCUT2D eigenvalue weighted by Crippen LogP contribution is 2.24. The molecule has 1 fully saturated rings. The van der Waals surface area contributed by atoms with Crippen LogP contribution in [0.1, 0.15) is 35.2 Å². The third-order valence-corrected chi connectivity index (χ3v) is 5.49. The van der Waals surface area contributed by atoms with Crippen LogP contribution in [0.25, 0.3) is 10.8 Å². The lowest BCUT2D eigenvalue weighted by Gasteiger charge is -2.22. The lowest BCUT2D eigenvalue weighted by molar-refractivity contribution is -0.142. The third kappa shape index (κ3) is 4.94. The lowest BCUT2D eigenvalue weighted by Crippen LogP contribution is -2.35. The Labute approximate surface area is 180 Å². The molecule has 3 aromatic rings. The summed E-state index contributed by atoms with van der Waals surface area (Å²) < 4.78 is 24.8. The number of rotatable bonds is 5. The van der Waals surface area contributed by atoms with Crippen LogP contribution in [0.2, 0.25) is 0 Å². The Morgan fingerprint density at radius 2 is 1.74 bits per heavy atom. The monoisotopic (exact) mass is 424 g/mol. The van der Waals surface area contributed by atoms with Gasteiger partial charge in [0.05, 0.1) is 6.54 Å². The summed E-state index contributed by atoms with van der Waals surface area (Å²) >= 11 is 0. The van der Waals surface area contributed by atoms with Crippen LogP contribution < -0.4 is 0 Å². The first kappa shape index (κ1) is 21.1. The summed E-state index contributed by atoms with van der Waals surface area (Å²) in [5.41, 5.74) is 0.534. The molecule has 2 heterocycles. The van der Waals surface area contributed by atoms with Gasteiger partial charge in [-0.3, -0.25) is 14.5 Å². The Kier molecular flexibility index (Phi) is 6.32. The molecular weight excluding hydrogens is 399 g/mol. The first-order valence-corrected chi connectivity index (χ1v) is 10.4. The smallest absolute Gasteiger partial charge is 0.303 e. The molecule has 31 heavy (non-hydrogen) atoms. The number of amides is 1. The van der Waals surface area contributed by atoms with Gasteiger partial charge in [0, 0.05) is 44.1 Å². The van der Waals surface area contributed by atoms with Gasteiger partial charge in [0.15, 0.2) is 0 Å². The van der Waals surface area contributed by atoms with Crippen molar-refractivity contribution in [3.05, 3.63) is 71.4 Å². The maximum Gasteiger partial charge on any atom is 0.303 e. The van der Waals surface area contributed by atoms with E-state index in [-0.39, 0.29) is 24.3 Å². The molecular formula is C24H25FN2O4. The van der Waals surface area contributed by atoms with E-state index >= 15 is 0 Å². The molecule has 0 aliphatic carbocycles. The molecule has 162 valence electrons. The van der Waals surface area contributed by atoms with Gasteiger partial charge >= 0.3 is 5.97 Å². The van der Waals surface area contributed by atoms with Crippen LogP contribution in [0, 0.1) is 5.82 Å². The molecule has 0 unspecified atom stereocenters. The maximum absolute atomic E-state index is 14.1. The first-order valence-electron chi connectivity index (χ1n) is 10.4. The van der Waals surface area contributed by atoms with Crippen molar-refractivity contribution in [3.63, 3.8) is 0 Å². The highest BCUT2D eigenvalue weighted by Gasteiger charge is 2.23. The molecule has 1 aliphatic heterocycles. The van der Waals surface area contributed by atoms with Gasteiger partial charge in [-0.2, -0.15) is 0 Å². The van der Waals surface area contributed by atoms with Crippen molar-refractivity contribution >= 4 is 22.6 Å². The second-order valence-corrected chi connectivity index (χ2v) is 7.71. The van der Waals surface area contributed by atoms with Crippen molar-refractivity contribution in [1.29, 1.82) is 0 Å². The summed E-state index contributed by atoms with van der Waals surface area (Å²) in [4.78, 5) is 28.2. The minimum absolute atomic E-state index is 0.0697. The summed E-state index contributed by atoms with van der Waals surface area (Å²) in [6, 6.07) is 13.7. The molecule has 1 aromatic heterocycles. The molecule has 1 amide bonds. The Morgan fingerprint density at radius 1 is 0.968 bits per heavy atom. The molecule has 0 radical (unpaired) electrons. The van der Waals surface area contributed by atoms with E-state index in [9.17, 15) is 14.0 Å². The molecule has 0 spiro atoms. The number of fused-ring (bicyclic) bond motifs is 1. The van der Waals surface area contributed by atoms with Crippen LogP contribution in [0.5, 0.6) is 0 Å². The van der Waals surface area contributed by atoms with Crippen LogP contribution >= 0.6 is 0 Å². The molecule has 1 saturated heterocycles. The quantitative estimate of drug-likeness (QED) is 0.580. The zero-order valence-electron chi connectivity index (χ0n) is 17.5. The van der Waals surface area contributed by atoms with Crippen LogP contribution in [0.15, 0.2) is 52.9 Å². The van der Waals surface area contributed by atoms with E-state index in [0.717, 1.165) is 18.7 Å². The van der Waals surface area contributed by atoms with Gasteiger partial charge in [-0.25, -0.2) is 4.39 Å². The zero-order valence-corrected chi connectivity index (χ0v) is 17.5. The number of carbonyl (C=O) groups excluding carboxylic acids is 2. The Hall–Kier alpha value is -3.19. The summed E-state index contributed by atoms with van der Waals surface area (Å²) in [5.74, 6) is 0.677. The molecule has 6 nitrogen and oxygen atoms in total. The number of nitrogens with zero attached hydrogens (tertiary/aromatic N) is 2. The molecule has 0 bridgehead atoms. The number of hydrogen-bond donors (Lipinski definition) is 0. The van der Waals surface area contributed by atoms with Crippen LogP contribution in [-0.4, -0.2) is 47.9 Å². The Balaban J connectivity index is 1.40. The number of carbonyl (C=O) groups is 2. The highest BCUT2D eigenvalue weighted by molar-refractivity contribution is 6.07. The Bertz CT molecular complexity index is 1090. The topological polar surface area (TPSA) is 63.0 Å². The number of halogens is 1. The average Bonchev–Trinajstić information content (AvgIpc) is 3.08. The summed E-state index contributed by atoms with van der Waals surface area (Å²) in [6.45, 7) is 4.91. The van der Waals surface area contributed by atoms with Gasteiger partial charge in [0.25, 0.3) is 5.91 Å². The number of hydrogen-bond acceptors (Lipinski definition) is 5. The number of ether oxygens (including phenoxy) is 1. The minimum atomic E-state index is -0.343. The normalized spacial score (nSPS) is 15.1. The summed E-state index contributed by atoms with van der Waals surface area (Å²) in [6.07, 6.45) is 0.839. The molecule has 0 atom stereocenters. The van der Waals surface area contributed by atoms with E-state index in [1.54, 1.807) is 24.3 Å². The SMILES string of the molecule is CC(=O)OCc1ccc(CN2CCCN(C(=O)c3ccc(F)c4ccccc34)CC2)o1. The van der Waals surface area contributed by atoms with Crippen LogP contribution in [0.3, 0.4) is 0 Å². The van der Waals surface area contributed by atoms with Crippen LogP contribution in [-0.2, 0) is 22.7 Å². The van der Waals surface area contributed by atoms with Crippen molar-refractivity contribution in [1.82, 2.24) is 9.80 Å². The second-order valence-electron chi connectivity index (χ2n) is 7.71. The van der Waals surface area contributed by atoms with Gasteiger partial charge in [0.2, 0.25) is 0 Å². The van der Waals surface area contributed by atoms with Crippen molar-refractivity contribution in [2.75, 3.05) is 26.2 Å². The van der Waals surface area contributed by atoms with E-state index < -0.39 is 0 Å². The molecule has 2 aromatic carbocycles. The fourth-order valence-corrected chi connectivity index (χ4v) is 3.93. The largest absolute Gasteiger partial charge is 0.461 e. The van der Waals surface area contributed by atoms with Crippen LogP contribution in [0.4, 0.5) is 4.39 Å². The van der Waals surface area contributed by atoms with Crippen molar-refractivity contribution in [2.45, 2.75) is 26.5 Å². The van der Waals surface area contributed by atoms with E-state index in [1.807, 2.05) is 23.1 Å². The molecule has 7 heteroatoms. The predicted octanol–water partition coefficient (Wildman–Crippen LogP) is 3.98. The molecule has 0 N–H and O–H groups in total. The number of benzene rings is 2. The number of furan rings is 1. The van der Waals surface area contributed by atoms with Gasteiger partial charge in [-0.05, 0) is 36.1 Å². The lowest BCUT2D eigenvalue weighted by atomic mass is 10.0. The maximum atomic E-state index is 14.1. The number of esters is 1. The summed E-state index contributed by atoms with van der Waals surface area (Å²) in [5, 5.41) is 1.11. The van der Waals surface area contributed by atoms with Gasteiger partial charge in [0.1, 0.15) is 23.9 Å². The fourth-order valence-electron chi connectivity index (χ4n) is 3.93. The van der Waals surface area contributed by atoms with E-state index in [4.69, 9.17) is 9.15 Å². The average molecular weight is 424 g/mol. The van der Waals surface area contributed by atoms with Crippen molar-refractivity contribution in [2.24, 2.45) is 0 Å². The summed E-state index contributed by atoms with van der Waals surface area (Å²) in [7, 11) is 0. The van der Waals surface area contributed by atoms with E-state index in [2.05, 4.69) is 4.90 Å². The predicted molar refractivity (Wildman–Crippen MR) is 114 cm³/mol. The molecule has 0 saturated carbocycles. The second kappa shape index (κ2) is 9.31. The fraction of sp³-hybridized carbons (Fsp3) is 0.333. The van der Waals surface area contributed by atoms with E-state index in [0.29, 0.717) is 48.3 Å². The van der Waals surface area contributed by atoms with Gasteiger partial charge in [-0.1, -0.05) is 24.3 Å². The standard InChI is InChI=1S/C24H25FN2O4/c1-17(28)30-16-19-8-7-18(31-19)15-26-11-4-12-27(14-13-26)24(29)22-9-10-23(25)21-6-3-2-5-20(21)22/h2-3,5-10H,4,11-16H2,1H3. The minimum Gasteiger partial charge on any atom is -0.461 e. The van der Waals surface area contributed by atoms with E-state index in [1.165, 1.54) is 13.0 Å². The third-order valence-electron chi connectivity index (χ3n) is 5.49. The Morgan fingerprint density at radius 3 is 2.55 bits per heavy atom. The van der Waals surface area contributed by atoms with Gasteiger partial charge < -0.3 is 14.1 Å². The highest BCUT2D eigenvalue weighted by atomic mass is 19.1. The first-order chi connectivity index (χ1) is 15.0. The zero-order chi connectivity index (χ0) is 21.8. The van der Waals surface area contributed by atoms with Crippen molar-refractivity contribution in [3.8, 4) is 0 Å². The molecule has 4 rings (SSSR count). The van der Waals surface area contributed by atoms with Crippen molar-refractivity contribution < 1.29 is 23.1 Å². The molecule has 1 aliphatic rings.